The third-order valence-corrected chi connectivity index (χ3v) is 2.94. The molecule has 0 aliphatic rings. The van der Waals surface area contributed by atoms with Crippen molar-refractivity contribution < 1.29 is 5.11 Å². The van der Waals surface area contributed by atoms with Gasteiger partial charge in [-0.25, -0.2) is 9.67 Å². The first-order chi connectivity index (χ1) is 9.31. The smallest absolute Gasteiger partial charge is 0.140 e. The largest absolute Gasteiger partial charge is 0.387 e. The van der Waals surface area contributed by atoms with Crippen LogP contribution in [0, 0.1) is 0 Å². The number of benzene rings is 1. The van der Waals surface area contributed by atoms with Crippen molar-refractivity contribution in [3.63, 3.8) is 0 Å². The molecule has 1 heterocycles. The minimum absolute atomic E-state index is 0.497. The number of hydrogen-bond donors (Lipinski definition) is 2. The van der Waals surface area contributed by atoms with Crippen LogP contribution in [-0.2, 0) is 13.1 Å². The van der Waals surface area contributed by atoms with Crippen LogP contribution in [0.2, 0.25) is 0 Å². The average molecular weight is 260 g/mol. The molecule has 0 aliphatic heterocycles. The summed E-state index contributed by atoms with van der Waals surface area (Å²) in [6.45, 7) is 4.10. The fourth-order valence-electron chi connectivity index (χ4n) is 1.94. The molecule has 1 aromatic carbocycles. The van der Waals surface area contributed by atoms with E-state index in [1.54, 1.807) is 6.33 Å². The van der Waals surface area contributed by atoms with Crippen LogP contribution in [0.5, 0.6) is 0 Å². The lowest BCUT2D eigenvalue weighted by Gasteiger charge is -2.12. The maximum atomic E-state index is 10.0. The van der Waals surface area contributed by atoms with Crippen molar-refractivity contribution in [1.82, 2.24) is 20.1 Å². The van der Waals surface area contributed by atoms with Crippen LogP contribution in [0.15, 0.2) is 36.7 Å². The van der Waals surface area contributed by atoms with Gasteiger partial charge in [0.05, 0.1) is 12.6 Å². The Labute approximate surface area is 113 Å². The summed E-state index contributed by atoms with van der Waals surface area (Å²) in [6.07, 6.45) is 2.10. The van der Waals surface area contributed by atoms with Gasteiger partial charge >= 0.3 is 0 Å². The first-order valence-electron chi connectivity index (χ1n) is 6.61. The third kappa shape index (κ3) is 3.87. The molecule has 2 rings (SSSR count). The van der Waals surface area contributed by atoms with Crippen LogP contribution in [-0.4, -0.2) is 26.4 Å². The van der Waals surface area contributed by atoms with Crippen molar-refractivity contribution in [3.8, 4) is 0 Å². The van der Waals surface area contributed by atoms with Gasteiger partial charge in [-0.05, 0) is 12.0 Å². The number of aryl methyl sites for hydroxylation is 1. The van der Waals surface area contributed by atoms with E-state index < -0.39 is 6.10 Å². The second-order valence-electron chi connectivity index (χ2n) is 4.46. The molecule has 0 bridgehead atoms. The molecular formula is C14H20N4O. The zero-order valence-electron chi connectivity index (χ0n) is 11.2. The molecule has 102 valence electrons. The van der Waals surface area contributed by atoms with Gasteiger partial charge in [-0.3, -0.25) is 0 Å². The predicted octanol–water partition coefficient (Wildman–Crippen LogP) is 1.51. The standard InChI is InChI=1S/C14H20N4O/c1-2-8-18-14(16-11-17-18)10-15-9-13(19)12-6-4-3-5-7-12/h3-7,11,13,15,19H,2,8-10H2,1H3. The summed E-state index contributed by atoms with van der Waals surface area (Å²) in [5.74, 6) is 0.905. The van der Waals surface area contributed by atoms with Gasteiger partial charge < -0.3 is 10.4 Å². The second-order valence-corrected chi connectivity index (χ2v) is 4.46. The third-order valence-electron chi connectivity index (χ3n) is 2.94. The molecule has 5 nitrogen and oxygen atoms in total. The number of nitrogens with one attached hydrogen (secondary N) is 1. The molecule has 0 amide bonds. The Morgan fingerprint density at radius 2 is 2.11 bits per heavy atom. The summed E-state index contributed by atoms with van der Waals surface area (Å²) in [5.41, 5.74) is 0.921. The molecule has 1 atom stereocenters. The summed E-state index contributed by atoms with van der Waals surface area (Å²) in [6, 6.07) is 9.64. The Morgan fingerprint density at radius 3 is 2.84 bits per heavy atom. The zero-order chi connectivity index (χ0) is 13.5. The SMILES string of the molecule is CCCn1ncnc1CNCC(O)c1ccccc1. The van der Waals surface area contributed by atoms with Crippen molar-refractivity contribution >= 4 is 0 Å². The van der Waals surface area contributed by atoms with Gasteiger partial charge in [-0.2, -0.15) is 5.10 Å². The lowest BCUT2D eigenvalue weighted by atomic mass is 10.1. The Morgan fingerprint density at radius 1 is 1.32 bits per heavy atom. The first kappa shape index (κ1) is 13.7. The van der Waals surface area contributed by atoms with Crippen molar-refractivity contribution in [2.24, 2.45) is 0 Å². The van der Waals surface area contributed by atoms with Gasteiger partial charge in [0.1, 0.15) is 12.2 Å². The summed E-state index contributed by atoms with van der Waals surface area (Å²) in [4.78, 5) is 4.21. The van der Waals surface area contributed by atoms with E-state index in [1.165, 1.54) is 0 Å². The van der Waals surface area contributed by atoms with Crippen LogP contribution in [0.4, 0.5) is 0 Å². The Kier molecular flexibility index (Phi) is 5.06. The van der Waals surface area contributed by atoms with Crippen LogP contribution in [0.1, 0.15) is 30.8 Å². The van der Waals surface area contributed by atoms with Gasteiger partial charge in [0.2, 0.25) is 0 Å². The molecule has 0 radical (unpaired) electrons. The molecule has 0 spiro atoms. The van der Waals surface area contributed by atoms with Crippen molar-refractivity contribution in [3.05, 3.63) is 48.0 Å². The summed E-state index contributed by atoms with van der Waals surface area (Å²) in [5, 5.41) is 17.4. The highest BCUT2D eigenvalue weighted by Gasteiger charge is 2.07. The molecule has 0 fully saturated rings. The minimum Gasteiger partial charge on any atom is -0.387 e. The summed E-state index contributed by atoms with van der Waals surface area (Å²) >= 11 is 0. The summed E-state index contributed by atoms with van der Waals surface area (Å²) < 4.78 is 1.89. The molecule has 1 unspecified atom stereocenters. The van der Waals surface area contributed by atoms with Gasteiger partial charge in [-0.15, -0.1) is 0 Å². The lowest BCUT2D eigenvalue weighted by Crippen LogP contribution is -2.23. The van der Waals surface area contributed by atoms with E-state index in [2.05, 4.69) is 22.3 Å². The van der Waals surface area contributed by atoms with Crippen molar-refractivity contribution in [2.45, 2.75) is 32.5 Å². The molecule has 0 aliphatic carbocycles. The van der Waals surface area contributed by atoms with Gasteiger partial charge in [-0.1, -0.05) is 37.3 Å². The topological polar surface area (TPSA) is 63.0 Å². The highest BCUT2D eigenvalue weighted by Crippen LogP contribution is 2.10. The first-order valence-corrected chi connectivity index (χ1v) is 6.61. The summed E-state index contributed by atoms with van der Waals surface area (Å²) in [7, 11) is 0. The molecule has 2 aromatic rings. The highest BCUT2D eigenvalue weighted by atomic mass is 16.3. The number of hydrogen-bond acceptors (Lipinski definition) is 4. The number of nitrogens with zero attached hydrogens (tertiary/aromatic N) is 3. The van der Waals surface area contributed by atoms with E-state index in [1.807, 2.05) is 35.0 Å². The second kappa shape index (κ2) is 7.01. The molecule has 5 heteroatoms. The maximum absolute atomic E-state index is 10.0. The number of aliphatic hydroxyl groups is 1. The minimum atomic E-state index is -0.497. The van der Waals surface area contributed by atoms with Gasteiger partial charge in [0, 0.05) is 13.1 Å². The van der Waals surface area contributed by atoms with E-state index in [0.29, 0.717) is 13.1 Å². The van der Waals surface area contributed by atoms with Crippen molar-refractivity contribution in [2.75, 3.05) is 6.54 Å². The van der Waals surface area contributed by atoms with Crippen LogP contribution in [0.25, 0.3) is 0 Å². The van der Waals surface area contributed by atoms with E-state index in [0.717, 1.165) is 24.4 Å². The number of rotatable bonds is 7. The Bertz CT molecular complexity index is 483. The quantitative estimate of drug-likeness (QED) is 0.792. The van der Waals surface area contributed by atoms with Crippen molar-refractivity contribution in [1.29, 1.82) is 0 Å². The van der Waals surface area contributed by atoms with E-state index in [9.17, 15) is 5.11 Å². The normalized spacial score (nSPS) is 12.5. The monoisotopic (exact) mass is 260 g/mol. The van der Waals surface area contributed by atoms with Gasteiger partial charge in [0.15, 0.2) is 0 Å². The molecular weight excluding hydrogens is 240 g/mol. The maximum Gasteiger partial charge on any atom is 0.140 e. The molecule has 19 heavy (non-hydrogen) atoms. The fraction of sp³-hybridized carbons (Fsp3) is 0.429. The molecule has 0 saturated heterocycles. The lowest BCUT2D eigenvalue weighted by molar-refractivity contribution is 0.174. The van der Waals surface area contributed by atoms with Crippen LogP contribution in [0.3, 0.4) is 0 Å². The Balaban J connectivity index is 1.81. The number of aromatic nitrogens is 3. The number of aliphatic hydroxyl groups excluding tert-OH is 1. The molecule has 1 aromatic heterocycles. The Hall–Kier alpha value is -1.72. The predicted molar refractivity (Wildman–Crippen MR) is 73.4 cm³/mol. The van der Waals surface area contributed by atoms with Crippen LogP contribution >= 0.6 is 0 Å². The van der Waals surface area contributed by atoms with E-state index >= 15 is 0 Å². The molecule has 0 saturated carbocycles. The molecule has 2 N–H and O–H groups in total. The average Bonchev–Trinajstić information content (AvgIpc) is 2.88. The van der Waals surface area contributed by atoms with E-state index in [-0.39, 0.29) is 0 Å². The van der Waals surface area contributed by atoms with Crippen LogP contribution < -0.4 is 5.32 Å². The fourth-order valence-corrected chi connectivity index (χ4v) is 1.94. The zero-order valence-corrected chi connectivity index (χ0v) is 11.2. The highest BCUT2D eigenvalue weighted by molar-refractivity contribution is 5.17. The van der Waals surface area contributed by atoms with Gasteiger partial charge in [0.25, 0.3) is 0 Å². The van der Waals surface area contributed by atoms with E-state index in [4.69, 9.17) is 0 Å².